The zero-order valence-corrected chi connectivity index (χ0v) is 40.3. The smallest absolute Gasteiger partial charge is 0.0702 e. The molecular formula is C71H50N2. The average Bonchev–Trinajstić information content (AvgIpc) is 3.82. The molecule has 2 nitrogen and oxygen atoms in total. The van der Waals surface area contributed by atoms with Gasteiger partial charge >= 0.3 is 0 Å². The van der Waals surface area contributed by atoms with Gasteiger partial charge in [0.1, 0.15) is 0 Å². The zero-order valence-electron chi connectivity index (χ0n) is 40.3. The van der Waals surface area contributed by atoms with E-state index in [0.717, 1.165) is 45.0 Å². The van der Waals surface area contributed by atoms with E-state index in [2.05, 4.69) is 313 Å². The van der Waals surface area contributed by atoms with Crippen LogP contribution in [0.1, 0.15) is 22.3 Å². The Morgan fingerprint density at radius 3 is 1.45 bits per heavy atom. The molecule has 0 amide bonds. The highest BCUT2D eigenvalue weighted by Gasteiger charge is 2.38. The molecule has 0 fully saturated rings. The van der Waals surface area contributed by atoms with E-state index in [1.165, 1.54) is 66.0 Å². The highest BCUT2D eigenvalue weighted by Crippen LogP contribution is 2.48. The van der Waals surface area contributed by atoms with E-state index in [1.807, 2.05) is 0 Å². The SMILES string of the molecule is c1ccc(-c2ccc(N(c3cccc(C(c4ccccc4)(c4ccccc4)c4ccccc4)c3)c3ccc(-c4cccc(-n5c6ccccc6c6ccc7ccccc7c65)c4)c(-c4ccccc4)c3)cc2)cc1. The van der Waals surface area contributed by atoms with E-state index in [0.29, 0.717) is 0 Å². The second kappa shape index (κ2) is 18.7. The van der Waals surface area contributed by atoms with Gasteiger partial charge < -0.3 is 9.47 Å². The van der Waals surface area contributed by atoms with Crippen LogP contribution < -0.4 is 4.90 Å². The van der Waals surface area contributed by atoms with Gasteiger partial charge in [-0.15, -0.1) is 0 Å². The third-order valence-corrected chi connectivity index (χ3v) is 14.7. The Labute approximate surface area is 427 Å². The minimum atomic E-state index is -0.616. The van der Waals surface area contributed by atoms with Crippen molar-refractivity contribution in [1.29, 1.82) is 0 Å². The summed E-state index contributed by atoms with van der Waals surface area (Å²) in [6, 6.07) is 111. The molecule has 12 aromatic carbocycles. The Kier molecular flexibility index (Phi) is 11.1. The predicted molar refractivity (Wildman–Crippen MR) is 308 cm³/mol. The van der Waals surface area contributed by atoms with Gasteiger partial charge in [-0.05, 0) is 116 Å². The lowest BCUT2D eigenvalue weighted by Crippen LogP contribution is -2.31. The van der Waals surface area contributed by atoms with E-state index in [4.69, 9.17) is 0 Å². The molecule has 0 aliphatic rings. The van der Waals surface area contributed by atoms with Crippen molar-refractivity contribution in [2.24, 2.45) is 0 Å². The van der Waals surface area contributed by atoms with E-state index in [-0.39, 0.29) is 0 Å². The second-order valence-corrected chi connectivity index (χ2v) is 18.8. The molecule has 0 saturated carbocycles. The predicted octanol–water partition coefficient (Wildman–Crippen LogP) is 18.8. The second-order valence-electron chi connectivity index (χ2n) is 18.8. The molecule has 13 aromatic rings. The Morgan fingerprint density at radius 2 is 0.781 bits per heavy atom. The van der Waals surface area contributed by atoms with Crippen LogP contribution in [0.25, 0.3) is 71.6 Å². The largest absolute Gasteiger partial charge is 0.310 e. The Bertz CT molecular complexity index is 3950. The molecule has 0 aliphatic carbocycles. The van der Waals surface area contributed by atoms with Gasteiger partial charge in [-0.25, -0.2) is 0 Å². The van der Waals surface area contributed by atoms with Crippen molar-refractivity contribution in [3.05, 3.63) is 326 Å². The van der Waals surface area contributed by atoms with Crippen molar-refractivity contribution >= 4 is 49.6 Å². The fourth-order valence-corrected chi connectivity index (χ4v) is 11.4. The minimum absolute atomic E-state index is 0.616. The molecule has 0 radical (unpaired) electrons. The van der Waals surface area contributed by atoms with E-state index in [1.54, 1.807) is 0 Å². The highest BCUT2D eigenvalue weighted by atomic mass is 15.1. The normalized spacial score (nSPS) is 11.6. The first-order chi connectivity index (χ1) is 36.2. The van der Waals surface area contributed by atoms with Gasteiger partial charge in [0.05, 0.1) is 16.4 Å². The van der Waals surface area contributed by atoms with Crippen molar-refractivity contribution < 1.29 is 0 Å². The molecule has 344 valence electrons. The maximum atomic E-state index is 2.46. The van der Waals surface area contributed by atoms with Crippen molar-refractivity contribution in [2.45, 2.75) is 5.41 Å². The molecule has 0 unspecified atom stereocenters. The zero-order chi connectivity index (χ0) is 48.6. The van der Waals surface area contributed by atoms with Gasteiger partial charge in [-0.3, -0.25) is 0 Å². The lowest BCUT2D eigenvalue weighted by Gasteiger charge is -2.37. The summed E-state index contributed by atoms with van der Waals surface area (Å²) in [6.07, 6.45) is 0. The van der Waals surface area contributed by atoms with Gasteiger partial charge in [0.15, 0.2) is 0 Å². The Morgan fingerprint density at radius 1 is 0.274 bits per heavy atom. The maximum Gasteiger partial charge on any atom is 0.0702 e. The fourth-order valence-electron chi connectivity index (χ4n) is 11.4. The van der Waals surface area contributed by atoms with Gasteiger partial charge in [-0.1, -0.05) is 249 Å². The summed E-state index contributed by atoms with van der Waals surface area (Å²) < 4.78 is 2.46. The number of nitrogens with zero attached hydrogens (tertiary/aromatic N) is 2. The Balaban J connectivity index is 1.02. The standard InChI is InChI=1S/C71H50N2/c1-6-22-51(23-7-1)52-40-43-60(44-41-52)72(62-36-21-34-59(49-62)71(56-28-10-3-11-29-56,57-30-12-4-13-31-57)58-32-14-5-15-33-58)63-45-47-64(68(50-63)53-24-8-2-9-25-53)55-27-20-35-61(48-55)73-69-39-19-18-38-66(69)67-46-42-54-26-16-17-37-65(54)70(67)73/h1-50H. The third kappa shape index (κ3) is 7.69. The topological polar surface area (TPSA) is 8.17 Å². The molecule has 1 heterocycles. The summed E-state index contributed by atoms with van der Waals surface area (Å²) in [5.74, 6) is 0. The summed E-state index contributed by atoms with van der Waals surface area (Å²) in [6.45, 7) is 0. The molecule has 2 heteroatoms. The summed E-state index contributed by atoms with van der Waals surface area (Å²) >= 11 is 0. The van der Waals surface area contributed by atoms with Crippen LogP contribution in [0.4, 0.5) is 17.1 Å². The Hall–Kier alpha value is -9.50. The van der Waals surface area contributed by atoms with Gasteiger partial charge in [-0.2, -0.15) is 0 Å². The van der Waals surface area contributed by atoms with Crippen LogP contribution in [0.3, 0.4) is 0 Å². The highest BCUT2D eigenvalue weighted by molar-refractivity contribution is 6.18. The molecule has 73 heavy (non-hydrogen) atoms. The molecule has 0 bridgehead atoms. The van der Waals surface area contributed by atoms with E-state index < -0.39 is 5.41 Å². The fraction of sp³-hybridized carbons (Fsp3) is 0.0141. The lowest BCUT2D eigenvalue weighted by atomic mass is 9.65. The molecule has 0 atom stereocenters. The van der Waals surface area contributed by atoms with Crippen LogP contribution >= 0.6 is 0 Å². The van der Waals surface area contributed by atoms with Crippen LogP contribution in [0, 0.1) is 0 Å². The molecule has 0 N–H and O–H groups in total. The summed E-state index contributed by atoms with van der Waals surface area (Å²) in [5.41, 5.74) is 17.9. The number of benzene rings is 12. The number of hydrogen-bond donors (Lipinski definition) is 0. The quantitative estimate of drug-likeness (QED) is 0.117. The monoisotopic (exact) mass is 930 g/mol. The van der Waals surface area contributed by atoms with Crippen LogP contribution in [-0.2, 0) is 5.41 Å². The first-order valence-electron chi connectivity index (χ1n) is 25.2. The molecule has 0 aliphatic heterocycles. The number of fused-ring (bicyclic) bond motifs is 5. The van der Waals surface area contributed by atoms with Crippen molar-refractivity contribution in [3.63, 3.8) is 0 Å². The summed E-state index contributed by atoms with van der Waals surface area (Å²) in [4.78, 5) is 2.43. The number of aromatic nitrogens is 1. The van der Waals surface area contributed by atoms with E-state index in [9.17, 15) is 0 Å². The summed E-state index contributed by atoms with van der Waals surface area (Å²) in [7, 11) is 0. The molecule has 0 saturated heterocycles. The van der Waals surface area contributed by atoms with Crippen LogP contribution in [0.15, 0.2) is 303 Å². The molecule has 1 aromatic heterocycles. The first kappa shape index (κ1) is 43.5. The van der Waals surface area contributed by atoms with Crippen molar-refractivity contribution in [2.75, 3.05) is 4.90 Å². The number of rotatable bonds is 11. The minimum Gasteiger partial charge on any atom is -0.310 e. The number of hydrogen-bond acceptors (Lipinski definition) is 1. The van der Waals surface area contributed by atoms with E-state index >= 15 is 0 Å². The van der Waals surface area contributed by atoms with Crippen molar-refractivity contribution in [1.82, 2.24) is 4.57 Å². The van der Waals surface area contributed by atoms with Crippen molar-refractivity contribution in [3.8, 4) is 39.1 Å². The van der Waals surface area contributed by atoms with Gasteiger partial charge in [0, 0.05) is 38.9 Å². The average molecular weight is 931 g/mol. The van der Waals surface area contributed by atoms with Crippen LogP contribution in [0.2, 0.25) is 0 Å². The lowest BCUT2D eigenvalue weighted by molar-refractivity contribution is 0.745. The summed E-state index contributed by atoms with van der Waals surface area (Å²) in [5, 5.41) is 4.97. The van der Waals surface area contributed by atoms with Gasteiger partial charge in [0.2, 0.25) is 0 Å². The third-order valence-electron chi connectivity index (χ3n) is 14.7. The first-order valence-corrected chi connectivity index (χ1v) is 25.2. The molecule has 0 spiro atoms. The number of anilines is 3. The molecule has 13 rings (SSSR count). The maximum absolute atomic E-state index is 2.46. The molecular weight excluding hydrogens is 881 g/mol. The van der Waals surface area contributed by atoms with Crippen LogP contribution in [-0.4, -0.2) is 4.57 Å². The van der Waals surface area contributed by atoms with Crippen LogP contribution in [0.5, 0.6) is 0 Å². The number of para-hydroxylation sites is 1. The van der Waals surface area contributed by atoms with Gasteiger partial charge in [0.25, 0.3) is 0 Å².